The van der Waals surface area contributed by atoms with Crippen LogP contribution in [0.4, 0.5) is 0 Å². The summed E-state index contributed by atoms with van der Waals surface area (Å²) in [5.74, 6) is 0.853. The van der Waals surface area contributed by atoms with E-state index in [2.05, 4.69) is 17.2 Å². The fraction of sp³-hybridized carbons (Fsp3) is 0.500. The first-order valence-corrected chi connectivity index (χ1v) is 4.49. The van der Waals surface area contributed by atoms with Crippen molar-refractivity contribution in [1.82, 2.24) is 10.3 Å². The highest BCUT2D eigenvalue weighted by Gasteiger charge is 2.02. The maximum Gasteiger partial charge on any atom is 0.141 e. The van der Waals surface area contributed by atoms with Gasteiger partial charge in [-0.25, -0.2) is 0 Å². The molecule has 0 aliphatic heterocycles. The number of ether oxygens (including phenoxy) is 1. The van der Waals surface area contributed by atoms with Gasteiger partial charge in [-0.2, -0.15) is 0 Å². The van der Waals surface area contributed by atoms with Crippen molar-refractivity contribution in [3.05, 3.63) is 23.5 Å². The summed E-state index contributed by atoms with van der Waals surface area (Å²) in [4.78, 5) is 4.39. The average Bonchev–Trinajstić information content (AvgIpc) is 2.15. The summed E-state index contributed by atoms with van der Waals surface area (Å²) in [6.07, 6.45) is 0. The average molecular weight is 180 g/mol. The van der Waals surface area contributed by atoms with Crippen molar-refractivity contribution < 1.29 is 4.74 Å². The van der Waals surface area contributed by atoms with Crippen LogP contribution >= 0.6 is 0 Å². The highest BCUT2D eigenvalue weighted by atomic mass is 16.5. The van der Waals surface area contributed by atoms with E-state index in [1.807, 2.05) is 19.1 Å². The van der Waals surface area contributed by atoms with E-state index >= 15 is 0 Å². The summed E-state index contributed by atoms with van der Waals surface area (Å²) in [5, 5.41) is 3.22. The molecule has 3 nitrogen and oxygen atoms in total. The molecule has 0 aliphatic carbocycles. The molecule has 0 saturated heterocycles. The van der Waals surface area contributed by atoms with E-state index in [4.69, 9.17) is 4.74 Å². The predicted molar refractivity (Wildman–Crippen MR) is 52.9 cm³/mol. The molecule has 0 unspecified atom stereocenters. The summed E-state index contributed by atoms with van der Waals surface area (Å²) in [7, 11) is 1.67. The van der Waals surface area contributed by atoms with Crippen molar-refractivity contribution in [2.75, 3.05) is 13.7 Å². The van der Waals surface area contributed by atoms with E-state index in [9.17, 15) is 0 Å². The minimum absolute atomic E-state index is 0.765. The first-order chi connectivity index (χ1) is 6.27. The summed E-state index contributed by atoms with van der Waals surface area (Å²) < 4.78 is 5.19. The van der Waals surface area contributed by atoms with Crippen LogP contribution in [0, 0.1) is 6.92 Å². The third kappa shape index (κ3) is 2.70. The Labute approximate surface area is 79.1 Å². The van der Waals surface area contributed by atoms with Gasteiger partial charge in [-0.3, -0.25) is 4.98 Å². The van der Waals surface area contributed by atoms with Gasteiger partial charge in [-0.15, -0.1) is 0 Å². The Morgan fingerprint density at radius 2 is 2.23 bits per heavy atom. The number of pyridine rings is 1. The second kappa shape index (κ2) is 4.82. The zero-order valence-corrected chi connectivity index (χ0v) is 8.42. The molecule has 0 atom stereocenters. The zero-order chi connectivity index (χ0) is 9.68. The van der Waals surface area contributed by atoms with Crippen molar-refractivity contribution in [3.63, 3.8) is 0 Å². The first-order valence-electron chi connectivity index (χ1n) is 4.49. The van der Waals surface area contributed by atoms with Crippen LogP contribution in [0.25, 0.3) is 0 Å². The molecule has 1 rings (SSSR count). The SMILES string of the molecule is CCNCc1nc(C)ccc1OC. The molecule has 72 valence electrons. The predicted octanol–water partition coefficient (Wildman–Crippen LogP) is 1.51. The van der Waals surface area contributed by atoms with Gasteiger partial charge in [0.05, 0.1) is 12.8 Å². The van der Waals surface area contributed by atoms with Crippen LogP contribution in [0.5, 0.6) is 5.75 Å². The van der Waals surface area contributed by atoms with Crippen molar-refractivity contribution in [3.8, 4) is 5.75 Å². The third-order valence-electron chi connectivity index (χ3n) is 1.83. The van der Waals surface area contributed by atoms with Crippen molar-refractivity contribution >= 4 is 0 Å². The van der Waals surface area contributed by atoms with E-state index in [0.29, 0.717) is 0 Å². The normalized spacial score (nSPS) is 10.1. The second-order valence-corrected chi connectivity index (χ2v) is 2.88. The van der Waals surface area contributed by atoms with Crippen LogP contribution in [0.15, 0.2) is 12.1 Å². The minimum Gasteiger partial charge on any atom is -0.495 e. The fourth-order valence-corrected chi connectivity index (χ4v) is 1.15. The topological polar surface area (TPSA) is 34.2 Å². The van der Waals surface area contributed by atoms with Crippen LogP contribution in [0.1, 0.15) is 18.3 Å². The molecule has 0 saturated carbocycles. The largest absolute Gasteiger partial charge is 0.495 e. The Morgan fingerprint density at radius 1 is 1.46 bits per heavy atom. The van der Waals surface area contributed by atoms with Crippen molar-refractivity contribution in [2.24, 2.45) is 0 Å². The van der Waals surface area contributed by atoms with Crippen molar-refractivity contribution in [1.29, 1.82) is 0 Å². The van der Waals surface area contributed by atoms with Crippen LogP contribution < -0.4 is 10.1 Å². The highest BCUT2D eigenvalue weighted by molar-refractivity contribution is 5.28. The highest BCUT2D eigenvalue weighted by Crippen LogP contribution is 2.15. The summed E-state index contributed by atoms with van der Waals surface area (Å²) >= 11 is 0. The molecule has 1 heterocycles. The zero-order valence-electron chi connectivity index (χ0n) is 8.42. The van der Waals surface area contributed by atoms with Crippen LogP contribution in [-0.4, -0.2) is 18.6 Å². The van der Waals surface area contributed by atoms with Gasteiger partial charge in [0.25, 0.3) is 0 Å². The summed E-state index contributed by atoms with van der Waals surface area (Å²) in [6, 6.07) is 3.91. The Morgan fingerprint density at radius 3 is 2.85 bits per heavy atom. The molecule has 1 N–H and O–H groups in total. The molecule has 1 aromatic heterocycles. The molecule has 0 aliphatic rings. The van der Waals surface area contributed by atoms with Gasteiger partial charge in [0.15, 0.2) is 0 Å². The number of aromatic nitrogens is 1. The number of nitrogens with one attached hydrogen (secondary N) is 1. The maximum atomic E-state index is 5.19. The number of rotatable bonds is 4. The van der Waals surface area contributed by atoms with Crippen LogP contribution in [0.3, 0.4) is 0 Å². The molecule has 0 amide bonds. The summed E-state index contributed by atoms with van der Waals surface area (Å²) in [5.41, 5.74) is 2.00. The minimum atomic E-state index is 0.765. The Bertz CT molecular complexity index is 274. The maximum absolute atomic E-state index is 5.19. The Balaban J connectivity index is 2.81. The fourth-order valence-electron chi connectivity index (χ4n) is 1.15. The molecule has 0 fully saturated rings. The smallest absolute Gasteiger partial charge is 0.141 e. The van der Waals surface area contributed by atoms with Gasteiger partial charge < -0.3 is 10.1 Å². The van der Waals surface area contributed by atoms with E-state index < -0.39 is 0 Å². The van der Waals surface area contributed by atoms with Crippen LogP contribution in [-0.2, 0) is 6.54 Å². The molecule has 1 aromatic rings. The quantitative estimate of drug-likeness (QED) is 0.762. The lowest BCUT2D eigenvalue weighted by molar-refractivity contribution is 0.404. The second-order valence-electron chi connectivity index (χ2n) is 2.88. The molecule has 3 heteroatoms. The van der Waals surface area contributed by atoms with Gasteiger partial charge in [0.2, 0.25) is 0 Å². The van der Waals surface area contributed by atoms with Gasteiger partial charge in [0, 0.05) is 12.2 Å². The standard InChI is InChI=1S/C10H16N2O/c1-4-11-7-9-10(13-3)6-5-8(2)12-9/h5-6,11H,4,7H2,1-3H3. The molecular weight excluding hydrogens is 164 g/mol. The third-order valence-corrected chi connectivity index (χ3v) is 1.83. The van der Waals surface area contributed by atoms with Crippen molar-refractivity contribution in [2.45, 2.75) is 20.4 Å². The van der Waals surface area contributed by atoms with E-state index in [0.717, 1.165) is 30.2 Å². The lowest BCUT2D eigenvalue weighted by atomic mass is 10.3. The Kier molecular flexibility index (Phi) is 3.71. The molecule has 0 radical (unpaired) electrons. The monoisotopic (exact) mass is 180 g/mol. The lowest BCUT2D eigenvalue weighted by Crippen LogP contribution is -2.14. The Hall–Kier alpha value is -1.09. The number of hydrogen-bond donors (Lipinski definition) is 1. The van der Waals surface area contributed by atoms with E-state index in [1.54, 1.807) is 7.11 Å². The van der Waals surface area contributed by atoms with E-state index in [1.165, 1.54) is 0 Å². The lowest BCUT2D eigenvalue weighted by Gasteiger charge is -2.08. The number of methoxy groups -OCH3 is 1. The van der Waals surface area contributed by atoms with Crippen LogP contribution in [0.2, 0.25) is 0 Å². The molecule has 0 spiro atoms. The molecular formula is C10H16N2O. The summed E-state index contributed by atoms with van der Waals surface area (Å²) in [6.45, 7) is 5.76. The van der Waals surface area contributed by atoms with E-state index in [-0.39, 0.29) is 0 Å². The number of hydrogen-bond acceptors (Lipinski definition) is 3. The number of nitrogens with zero attached hydrogens (tertiary/aromatic N) is 1. The van der Waals surface area contributed by atoms with Gasteiger partial charge in [0.1, 0.15) is 5.75 Å². The van der Waals surface area contributed by atoms with Gasteiger partial charge in [-0.05, 0) is 25.6 Å². The molecule has 13 heavy (non-hydrogen) atoms. The molecule has 0 aromatic carbocycles. The first kappa shape index (κ1) is 9.99. The molecule has 0 bridgehead atoms. The number of aryl methyl sites for hydroxylation is 1. The van der Waals surface area contributed by atoms with Gasteiger partial charge in [-0.1, -0.05) is 6.92 Å². The van der Waals surface area contributed by atoms with Gasteiger partial charge >= 0.3 is 0 Å².